The molecule has 1 unspecified atom stereocenters. The first-order valence-corrected chi connectivity index (χ1v) is 20.7. The number of carbonyl (C=O) groups is 5. The summed E-state index contributed by atoms with van der Waals surface area (Å²) in [5.74, 6) is -4.86. The lowest BCUT2D eigenvalue weighted by Gasteiger charge is -2.33. The zero-order chi connectivity index (χ0) is 47.8. The number of aromatic amines is 1. The van der Waals surface area contributed by atoms with Gasteiger partial charge in [0.2, 0.25) is 17.8 Å². The Morgan fingerprint density at radius 1 is 0.742 bits per heavy atom. The van der Waals surface area contributed by atoms with Crippen LogP contribution in [0.1, 0.15) is 24.1 Å². The molecule has 25 nitrogen and oxygen atoms in total. The van der Waals surface area contributed by atoms with Crippen LogP contribution in [0.5, 0.6) is 0 Å². The molecule has 3 heterocycles. The third-order valence-electron chi connectivity index (χ3n) is 10.2. The number of β-amino-alcohol motifs (C(OH)–C–C–N with tert-alkyl or cyclic N) is 2. The monoisotopic (exact) mass is 919 g/mol. The summed E-state index contributed by atoms with van der Waals surface area (Å²) in [5, 5.41) is 64.7. The molecule has 1 fully saturated rings. The predicted octanol–water partition coefficient (Wildman–Crippen LogP) is -1.24. The fourth-order valence-electron chi connectivity index (χ4n) is 6.81. The minimum absolute atomic E-state index is 0.0317. The number of ether oxygens (including phenoxy) is 1. The van der Waals surface area contributed by atoms with Crippen molar-refractivity contribution < 1.29 is 54.2 Å². The highest BCUT2D eigenvalue weighted by Gasteiger charge is 2.25. The highest BCUT2D eigenvalue weighted by Crippen LogP contribution is 2.18. The van der Waals surface area contributed by atoms with Crippen molar-refractivity contribution in [2.24, 2.45) is 0 Å². The number of H-pyrrole nitrogens is 1. The van der Waals surface area contributed by atoms with E-state index in [2.05, 4.69) is 35.9 Å². The van der Waals surface area contributed by atoms with E-state index in [1.807, 2.05) is 0 Å². The Morgan fingerprint density at radius 2 is 1.27 bits per heavy atom. The number of aromatic nitrogens is 4. The van der Waals surface area contributed by atoms with E-state index in [1.54, 1.807) is 43.9 Å². The Kier molecular flexibility index (Phi) is 18.3. The Labute approximate surface area is 376 Å². The molecule has 0 saturated carbocycles. The van der Waals surface area contributed by atoms with Crippen molar-refractivity contribution in [3.63, 3.8) is 0 Å². The Hall–Kier alpha value is -7.16. The quantitative estimate of drug-likeness (QED) is 0.0298. The molecule has 0 spiro atoms. The van der Waals surface area contributed by atoms with Gasteiger partial charge in [-0.2, -0.15) is 4.98 Å². The number of fused-ring (bicyclic) bond motifs is 1. The number of nitrogens with one attached hydrogen (secondary N) is 5. The van der Waals surface area contributed by atoms with Gasteiger partial charge in [-0.3, -0.25) is 58.8 Å². The van der Waals surface area contributed by atoms with Crippen LogP contribution in [0.15, 0.2) is 59.5 Å². The number of nitrogen functional groups attached to an aromatic ring is 1. The van der Waals surface area contributed by atoms with E-state index in [0.29, 0.717) is 48.0 Å². The molecule has 0 radical (unpaired) electrons. The van der Waals surface area contributed by atoms with Gasteiger partial charge < -0.3 is 52.0 Å². The number of amides is 2. The van der Waals surface area contributed by atoms with Gasteiger partial charge in [0.15, 0.2) is 23.6 Å². The van der Waals surface area contributed by atoms with Crippen LogP contribution < -0.4 is 27.2 Å². The molecule has 1 aliphatic rings. The van der Waals surface area contributed by atoms with Gasteiger partial charge in [-0.05, 0) is 48.5 Å². The second-order valence-corrected chi connectivity index (χ2v) is 15.3. The number of hydrogen-bond acceptors (Lipinski definition) is 19. The van der Waals surface area contributed by atoms with Gasteiger partial charge in [-0.25, -0.2) is 9.97 Å². The minimum atomic E-state index is -1.65. The van der Waals surface area contributed by atoms with Crippen molar-refractivity contribution in [1.82, 2.24) is 39.5 Å². The topological polar surface area (TPSA) is 366 Å². The van der Waals surface area contributed by atoms with Crippen LogP contribution in [-0.2, 0) is 35.3 Å². The highest BCUT2D eigenvalue weighted by molar-refractivity contribution is 5.99. The molecule has 5 rings (SSSR count). The number of rotatable bonds is 19. The molecule has 354 valence electrons. The third-order valence-corrected chi connectivity index (χ3v) is 10.2. The molecule has 0 aliphatic carbocycles. The summed E-state index contributed by atoms with van der Waals surface area (Å²) in [6.45, 7) is 1.61. The summed E-state index contributed by atoms with van der Waals surface area (Å²) >= 11 is 0. The molecule has 1 aliphatic heterocycles. The first-order chi connectivity index (χ1) is 31.5. The molecule has 1 saturated heterocycles. The molecule has 4 aromatic rings. The SMILES string of the molecule is N=C(OC(CCC(=O)O)C(=O)Nc1ccc(NC(=O)CN2CCN(CC(=O)O)CCN(CC(=O)O)CCN(CC(O)O)CC2)cc1)c1ccc(NCc2cnc3nc(N)[nH]c(=O)c3n2)cc1. The van der Waals surface area contributed by atoms with Crippen molar-refractivity contribution in [3.8, 4) is 0 Å². The van der Waals surface area contributed by atoms with Gasteiger partial charge >= 0.3 is 17.9 Å². The lowest BCUT2D eigenvalue weighted by molar-refractivity contribution is -0.140. The van der Waals surface area contributed by atoms with Gasteiger partial charge in [0.25, 0.3) is 11.5 Å². The summed E-state index contributed by atoms with van der Waals surface area (Å²) < 4.78 is 5.69. The number of aliphatic hydroxyl groups excluding tert-OH is 1. The summed E-state index contributed by atoms with van der Waals surface area (Å²) in [6.07, 6.45) is -2.23. The average Bonchev–Trinajstić information content (AvgIpc) is 3.25. The van der Waals surface area contributed by atoms with Gasteiger partial charge in [0, 0.05) is 94.4 Å². The van der Waals surface area contributed by atoms with Crippen LogP contribution in [0.3, 0.4) is 0 Å². The fraction of sp³-hybridized carbons (Fsp3) is 0.415. The molecule has 0 bridgehead atoms. The van der Waals surface area contributed by atoms with Crippen LogP contribution in [-0.4, -0.2) is 192 Å². The smallest absolute Gasteiger partial charge is 0.317 e. The molecular formula is C41H53N13O12. The molecule has 2 amide bonds. The number of aliphatic carboxylic acids is 3. The zero-order valence-electron chi connectivity index (χ0n) is 35.8. The van der Waals surface area contributed by atoms with Gasteiger partial charge in [0.05, 0.1) is 38.1 Å². The maximum atomic E-state index is 13.4. The Morgan fingerprint density at radius 3 is 1.82 bits per heavy atom. The molecule has 12 N–H and O–H groups in total. The van der Waals surface area contributed by atoms with Gasteiger partial charge in [-0.1, -0.05) is 0 Å². The number of carboxylic acids is 3. The van der Waals surface area contributed by atoms with Crippen molar-refractivity contribution in [2.75, 3.05) is 100 Å². The molecule has 66 heavy (non-hydrogen) atoms. The second-order valence-electron chi connectivity index (χ2n) is 15.3. The number of nitrogens with two attached hydrogens (primary N) is 1. The van der Waals surface area contributed by atoms with Gasteiger partial charge in [-0.15, -0.1) is 0 Å². The van der Waals surface area contributed by atoms with Crippen LogP contribution in [0.2, 0.25) is 0 Å². The van der Waals surface area contributed by atoms with E-state index in [9.17, 15) is 54.3 Å². The molecule has 2 aromatic carbocycles. The second kappa shape index (κ2) is 24.2. The van der Waals surface area contributed by atoms with E-state index in [4.69, 9.17) is 15.9 Å². The number of benzene rings is 2. The van der Waals surface area contributed by atoms with Crippen LogP contribution >= 0.6 is 0 Å². The van der Waals surface area contributed by atoms with Crippen LogP contribution in [0.4, 0.5) is 23.0 Å². The number of hydrogen-bond donors (Lipinski definition) is 11. The van der Waals surface area contributed by atoms with E-state index in [-0.39, 0.29) is 94.9 Å². The van der Waals surface area contributed by atoms with Crippen molar-refractivity contribution >= 4 is 69.8 Å². The van der Waals surface area contributed by atoms with E-state index in [1.165, 1.54) is 30.5 Å². The van der Waals surface area contributed by atoms with Gasteiger partial charge in [0.1, 0.15) is 0 Å². The number of aliphatic hydroxyl groups is 2. The molecular weight excluding hydrogens is 867 g/mol. The minimum Gasteiger partial charge on any atom is -0.481 e. The normalized spacial score (nSPS) is 15.3. The molecule has 1 atom stereocenters. The Bertz CT molecular complexity index is 2380. The lowest BCUT2D eigenvalue weighted by atomic mass is 10.1. The van der Waals surface area contributed by atoms with E-state index < -0.39 is 54.1 Å². The average molecular weight is 920 g/mol. The number of anilines is 4. The fourth-order valence-corrected chi connectivity index (χ4v) is 6.81. The summed E-state index contributed by atoms with van der Waals surface area (Å²) in [7, 11) is 0. The van der Waals surface area contributed by atoms with Crippen molar-refractivity contribution in [3.05, 3.63) is 76.3 Å². The number of nitrogens with zero attached hydrogens (tertiary/aromatic N) is 7. The van der Waals surface area contributed by atoms with Crippen LogP contribution in [0, 0.1) is 5.41 Å². The van der Waals surface area contributed by atoms with E-state index in [0.717, 1.165) is 0 Å². The Balaban J connectivity index is 1.16. The van der Waals surface area contributed by atoms with E-state index >= 15 is 0 Å². The summed E-state index contributed by atoms with van der Waals surface area (Å²) in [5.41, 5.74) is 7.21. The first-order valence-electron chi connectivity index (χ1n) is 20.7. The largest absolute Gasteiger partial charge is 0.481 e. The van der Waals surface area contributed by atoms with Crippen molar-refractivity contribution in [1.29, 1.82) is 5.41 Å². The highest BCUT2D eigenvalue weighted by atomic mass is 16.5. The molecule has 25 heteroatoms. The third kappa shape index (κ3) is 16.4. The number of carbonyl (C=O) groups excluding carboxylic acids is 2. The summed E-state index contributed by atoms with van der Waals surface area (Å²) in [6, 6.07) is 12.5. The summed E-state index contributed by atoms with van der Waals surface area (Å²) in [4.78, 5) is 95.0. The molecule has 2 aromatic heterocycles. The first kappa shape index (κ1) is 49.8. The maximum Gasteiger partial charge on any atom is 0.317 e. The zero-order valence-corrected chi connectivity index (χ0v) is 35.8. The van der Waals surface area contributed by atoms with Crippen molar-refractivity contribution in [2.45, 2.75) is 31.8 Å². The standard InChI is InChI=1S/C41H53N13O12/c42-37(25-1-3-26(4-2-25)44-19-29-20-45-38-36(47-29)40(65)50-41(43)49-38)66-30(9-10-32(56)57)39(64)48-28-7-5-27(6-8-28)46-31(55)21-51-11-13-52(22-33(58)59)15-17-54(24-35(62)63)18-16-53(14-12-51)23-34(60)61/h1-8,20,30,33,42,44,58-59H,9-19,21-24H2,(H,46,55)(H,48,64)(H,56,57)(H,60,61)(H,62,63)(H3,43,45,49,50,65). The van der Waals surface area contributed by atoms with Crippen LogP contribution in [0.25, 0.3) is 11.2 Å². The lowest BCUT2D eigenvalue weighted by Crippen LogP contribution is -2.49. The number of carboxylic acid groups (broad SMARTS) is 3. The maximum absolute atomic E-state index is 13.4. The predicted molar refractivity (Wildman–Crippen MR) is 238 cm³/mol.